The molecule has 0 aliphatic heterocycles. The quantitative estimate of drug-likeness (QED) is 0.335. The zero-order valence-corrected chi connectivity index (χ0v) is 10.5. The van der Waals surface area contributed by atoms with Gasteiger partial charge in [-0.2, -0.15) is 0 Å². The van der Waals surface area contributed by atoms with Gasteiger partial charge in [0, 0.05) is 0 Å². The molecule has 0 amide bonds. The Balaban J connectivity index is 0. The summed E-state index contributed by atoms with van der Waals surface area (Å²) in [5.74, 6) is 0. The fraction of sp³-hybridized carbons (Fsp3) is 0.800. The van der Waals surface area contributed by atoms with Gasteiger partial charge in [-0.3, -0.25) is 0 Å². The highest BCUT2D eigenvalue weighted by Gasteiger charge is 2.03. The van der Waals surface area contributed by atoms with Crippen molar-refractivity contribution in [3.05, 3.63) is 0 Å². The number of carbonyl (C=O) groups is 2. The largest absolute Gasteiger partial charge is 0.516 e. The van der Waals surface area contributed by atoms with Crippen LogP contribution in [0.1, 0.15) is 40.5 Å². The molecule has 0 rings (SSSR count). The van der Waals surface area contributed by atoms with Gasteiger partial charge in [-0.15, -0.1) is 0 Å². The van der Waals surface area contributed by atoms with E-state index in [4.69, 9.17) is 20.0 Å². The van der Waals surface area contributed by atoms with Crippen LogP contribution >= 0.6 is 0 Å². The van der Waals surface area contributed by atoms with E-state index >= 15 is 0 Å². The third kappa shape index (κ3) is 17.3. The Morgan fingerprint density at radius 3 is 1.35 bits per heavy atom. The molecule has 0 aromatic rings. The van der Waals surface area contributed by atoms with Gasteiger partial charge in [-0.1, -0.05) is 13.8 Å². The van der Waals surface area contributed by atoms with Crippen LogP contribution < -0.4 is 0 Å². The second-order valence-electron chi connectivity index (χ2n) is 3.26. The molecule has 7 heteroatoms. The van der Waals surface area contributed by atoms with Crippen molar-refractivity contribution in [1.29, 1.82) is 0 Å². The van der Waals surface area contributed by atoms with Crippen molar-refractivity contribution >= 4 is 12.3 Å². The molecule has 2 unspecified atom stereocenters. The van der Waals surface area contributed by atoms with Gasteiger partial charge in [0.1, 0.15) is 0 Å². The van der Waals surface area contributed by atoms with Gasteiger partial charge < -0.3 is 14.9 Å². The topological polar surface area (TPSA) is 102 Å². The monoisotopic (exact) mass is 252 g/mol. The highest BCUT2D eigenvalue weighted by Crippen LogP contribution is 2.02. The summed E-state index contributed by atoms with van der Waals surface area (Å²) < 4.78 is 3.08. The van der Waals surface area contributed by atoms with E-state index in [2.05, 4.69) is 18.6 Å². The number of hydrogen-bond donors (Lipinski definition) is 2. The third-order valence-electron chi connectivity index (χ3n) is 1.71. The van der Waals surface area contributed by atoms with Crippen LogP contribution in [-0.2, 0) is 14.5 Å². The Morgan fingerprint density at radius 2 is 1.24 bits per heavy atom. The predicted molar refractivity (Wildman–Crippen MR) is 58.8 cm³/mol. The van der Waals surface area contributed by atoms with Crippen molar-refractivity contribution in [1.82, 2.24) is 0 Å². The lowest BCUT2D eigenvalue weighted by Gasteiger charge is -2.13. The normalized spacial score (nSPS) is 12.9. The highest BCUT2D eigenvalue weighted by atomic mass is 17.2. The fourth-order valence-corrected chi connectivity index (χ4v) is 0.400. The molecule has 2 atom stereocenters. The molecule has 0 heterocycles. The summed E-state index contributed by atoms with van der Waals surface area (Å²) in [6.07, 6.45) is -1.20. The van der Waals surface area contributed by atoms with Gasteiger partial charge in [0.05, 0.1) is 12.2 Å². The molecule has 0 aromatic carbocycles. The zero-order valence-electron chi connectivity index (χ0n) is 10.5. The smallest absolute Gasteiger partial charge is 0.449 e. The summed E-state index contributed by atoms with van der Waals surface area (Å²) >= 11 is 0. The van der Waals surface area contributed by atoms with Crippen molar-refractivity contribution in [2.45, 2.75) is 52.7 Å². The molecule has 102 valence electrons. The molecule has 17 heavy (non-hydrogen) atoms. The van der Waals surface area contributed by atoms with Gasteiger partial charge in [0.2, 0.25) is 0 Å². The first-order valence-corrected chi connectivity index (χ1v) is 5.29. The second-order valence-corrected chi connectivity index (χ2v) is 3.26. The lowest BCUT2D eigenvalue weighted by atomic mass is 10.3. The maximum Gasteiger partial charge on any atom is 0.516 e. The lowest BCUT2D eigenvalue weighted by molar-refractivity contribution is -0.344. The van der Waals surface area contributed by atoms with Crippen LogP contribution in [0.3, 0.4) is 0 Å². The zero-order chi connectivity index (χ0) is 13.8. The summed E-state index contributed by atoms with van der Waals surface area (Å²) in [7, 11) is 0. The van der Waals surface area contributed by atoms with Gasteiger partial charge in [-0.05, 0) is 26.7 Å². The summed E-state index contributed by atoms with van der Waals surface area (Å²) in [4.78, 5) is 28.5. The van der Waals surface area contributed by atoms with E-state index in [0.717, 1.165) is 12.8 Å². The molecule has 0 aromatic heterocycles. The Kier molecular flexibility index (Phi) is 11.8. The average molecular weight is 252 g/mol. The van der Waals surface area contributed by atoms with Crippen molar-refractivity contribution in [2.75, 3.05) is 0 Å². The minimum atomic E-state index is -1.81. The first-order valence-electron chi connectivity index (χ1n) is 5.29. The van der Waals surface area contributed by atoms with Crippen LogP contribution in [0.2, 0.25) is 0 Å². The molecular weight excluding hydrogens is 232 g/mol. The average Bonchev–Trinajstić information content (AvgIpc) is 2.24. The van der Waals surface area contributed by atoms with Gasteiger partial charge in [0.25, 0.3) is 0 Å². The van der Waals surface area contributed by atoms with E-state index in [-0.39, 0.29) is 12.2 Å². The van der Waals surface area contributed by atoms with Crippen LogP contribution in [0.15, 0.2) is 0 Å². The summed E-state index contributed by atoms with van der Waals surface area (Å²) in [6, 6.07) is 0. The maximum absolute atomic E-state index is 9.21. The second kappa shape index (κ2) is 11.2. The number of hydrogen-bond acceptors (Lipinski definition) is 5. The van der Waals surface area contributed by atoms with Gasteiger partial charge in [0.15, 0.2) is 0 Å². The van der Waals surface area contributed by atoms with E-state index in [1.54, 1.807) is 0 Å². The molecule has 2 N–H and O–H groups in total. The summed E-state index contributed by atoms with van der Waals surface area (Å²) in [6.45, 7) is 8.15. The van der Waals surface area contributed by atoms with Gasteiger partial charge in [-0.25, -0.2) is 19.4 Å². The minimum Gasteiger partial charge on any atom is -0.449 e. The molecular formula is C10H20O7. The molecule has 0 fully saturated rings. The Morgan fingerprint density at radius 1 is 0.941 bits per heavy atom. The van der Waals surface area contributed by atoms with Crippen LogP contribution in [0.4, 0.5) is 9.59 Å². The molecule has 0 aliphatic rings. The highest BCUT2D eigenvalue weighted by molar-refractivity contribution is 5.74. The van der Waals surface area contributed by atoms with Crippen LogP contribution in [0.25, 0.3) is 0 Å². The van der Waals surface area contributed by atoms with Crippen LogP contribution in [0.5, 0.6) is 0 Å². The standard InChI is InChI=1S/C8H18O2.C2H2O5/c1-5-7(3)9-10-8(4)6-2;3-1(4)7-2(5)6/h7-8H,5-6H2,1-4H3;(H,3,4)(H,5,6). The summed E-state index contributed by atoms with van der Waals surface area (Å²) in [5, 5.41) is 15.0. The van der Waals surface area contributed by atoms with E-state index in [0.29, 0.717) is 0 Å². The Hall–Kier alpha value is -1.34. The van der Waals surface area contributed by atoms with Crippen molar-refractivity contribution < 1.29 is 34.3 Å². The molecule has 0 bridgehead atoms. The van der Waals surface area contributed by atoms with Crippen LogP contribution in [-0.4, -0.2) is 34.7 Å². The molecule has 0 saturated carbocycles. The van der Waals surface area contributed by atoms with Crippen molar-refractivity contribution in [2.24, 2.45) is 0 Å². The SMILES string of the molecule is CCC(C)OOC(C)CC.O=C(O)OC(=O)O. The molecule has 0 saturated heterocycles. The number of carboxylic acid groups (broad SMARTS) is 2. The Labute approximate surface area is 100 Å². The number of rotatable bonds is 5. The van der Waals surface area contributed by atoms with E-state index < -0.39 is 12.3 Å². The molecule has 0 radical (unpaired) electrons. The first-order chi connectivity index (χ1) is 7.83. The van der Waals surface area contributed by atoms with Crippen molar-refractivity contribution in [3.63, 3.8) is 0 Å². The molecule has 0 spiro atoms. The third-order valence-corrected chi connectivity index (χ3v) is 1.71. The van der Waals surface area contributed by atoms with Crippen LogP contribution in [0, 0.1) is 0 Å². The maximum atomic E-state index is 9.21. The first kappa shape index (κ1) is 18.0. The minimum absolute atomic E-state index is 0.217. The van der Waals surface area contributed by atoms with E-state index in [9.17, 15) is 9.59 Å². The lowest BCUT2D eigenvalue weighted by Crippen LogP contribution is -2.13. The van der Waals surface area contributed by atoms with Crippen molar-refractivity contribution in [3.8, 4) is 0 Å². The molecule has 7 nitrogen and oxygen atoms in total. The summed E-state index contributed by atoms with van der Waals surface area (Å²) in [5.41, 5.74) is 0. The van der Waals surface area contributed by atoms with Gasteiger partial charge >= 0.3 is 12.3 Å². The predicted octanol–water partition coefficient (Wildman–Crippen LogP) is 2.89. The number of ether oxygens (including phenoxy) is 1. The fourth-order valence-electron chi connectivity index (χ4n) is 0.400. The van der Waals surface area contributed by atoms with E-state index in [1.165, 1.54) is 0 Å². The Bertz CT molecular complexity index is 195. The molecule has 0 aliphatic carbocycles. The van der Waals surface area contributed by atoms with E-state index in [1.807, 2.05) is 13.8 Å².